The smallest absolute Gasteiger partial charge is 0.191 e. The fourth-order valence-corrected chi connectivity index (χ4v) is 5.07. The van der Waals surface area contributed by atoms with Crippen molar-refractivity contribution < 1.29 is 4.74 Å². The lowest BCUT2D eigenvalue weighted by Crippen LogP contribution is -2.07. The number of nitrogens with zero attached hydrogens (tertiary/aromatic N) is 6. The van der Waals surface area contributed by atoms with E-state index in [0.29, 0.717) is 5.82 Å². The second-order valence-corrected chi connectivity index (χ2v) is 9.66. The number of tetrazole rings is 1. The van der Waals surface area contributed by atoms with Crippen LogP contribution in [0.4, 0.5) is 0 Å². The minimum atomic E-state index is 0.656. The van der Waals surface area contributed by atoms with Gasteiger partial charge in [0.2, 0.25) is 0 Å². The second-order valence-electron chi connectivity index (χ2n) is 8.72. The molecule has 2 aromatic heterocycles. The molecule has 9 heteroatoms. The molecule has 0 radical (unpaired) electrons. The predicted molar refractivity (Wildman–Crippen MR) is 145 cm³/mol. The number of aromatic nitrogens is 7. The number of unbranched alkanes of at least 4 members (excludes halogenated alkanes) is 1. The van der Waals surface area contributed by atoms with Crippen LogP contribution < -0.4 is 4.74 Å². The molecule has 0 atom stereocenters. The summed E-state index contributed by atoms with van der Waals surface area (Å²) in [5.74, 6) is 3.37. The minimum Gasteiger partial charge on any atom is -0.497 e. The summed E-state index contributed by atoms with van der Waals surface area (Å²) < 4.78 is 7.53. The zero-order valence-electron chi connectivity index (χ0n) is 21.0. The zero-order chi connectivity index (χ0) is 25.5. The summed E-state index contributed by atoms with van der Waals surface area (Å²) in [4.78, 5) is 0. The molecule has 0 fully saturated rings. The third-order valence-corrected chi connectivity index (χ3v) is 7.25. The number of nitrogens with one attached hydrogen (secondary N) is 1. The van der Waals surface area contributed by atoms with Gasteiger partial charge in [0.15, 0.2) is 11.0 Å². The van der Waals surface area contributed by atoms with Crippen molar-refractivity contribution in [2.75, 3.05) is 7.11 Å². The van der Waals surface area contributed by atoms with Gasteiger partial charge in [0.25, 0.3) is 0 Å². The highest BCUT2D eigenvalue weighted by Gasteiger charge is 2.14. The second kappa shape index (κ2) is 11.8. The monoisotopic (exact) mass is 511 g/mol. The lowest BCUT2D eigenvalue weighted by molar-refractivity contribution is 0.414. The molecule has 5 aromatic rings. The fraction of sp³-hybridized carbons (Fsp3) is 0.250. The Morgan fingerprint density at radius 2 is 1.62 bits per heavy atom. The molecule has 0 spiro atoms. The molecule has 0 aliphatic rings. The van der Waals surface area contributed by atoms with Crippen LogP contribution in [-0.2, 0) is 18.7 Å². The third-order valence-electron chi connectivity index (χ3n) is 6.21. The lowest BCUT2D eigenvalue weighted by atomic mass is 9.98. The number of aryl methyl sites for hydroxylation is 1. The van der Waals surface area contributed by atoms with Gasteiger partial charge in [-0.3, -0.25) is 0 Å². The summed E-state index contributed by atoms with van der Waals surface area (Å²) in [6.45, 7) is 2.93. The van der Waals surface area contributed by atoms with Gasteiger partial charge in [0.05, 0.1) is 13.7 Å². The molecule has 1 N–H and O–H groups in total. The van der Waals surface area contributed by atoms with Crippen molar-refractivity contribution in [1.29, 1.82) is 0 Å². The first-order valence-corrected chi connectivity index (χ1v) is 13.3. The van der Waals surface area contributed by atoms with Gasteiger partial charge in [-0.05, 0) is 51.2 Å². The SMILES string of the molecule is CCCCc1nnc(SCc2ccc(OC)cc2)n1Cc1ccc(-c2ccccc2-c2nnn[nH]2)cc1. The Morgan fingerprint density at radius 1 is 0.865 bits per heavy atom. The highest BCUT2D eigenvalue weighted by atomic mass is 32.2. The van der Waals surface area contributed by atoms with Crippen molar-refractivity contribution in [2.24, 2.45) is 0 Å². The maximum Gasteiger partial charge on any atom is 0.191 e. The highest BCUT2D eigenvalue weighted by molar-refractivity contribution is 7.98. The molecule has 8 nitrogen and oxygen atoms in total. The Morgan fingerprint density at radius 3 is 2.32 bits per heavy atom. The van der Waals surface area contributed by atoms with Crippen LogP contribution in [0.2, 0.25) is 0 Å². The molecule has 37 heavy (non-hydrogen) atoms. The Bertz CT molecular complexity index is 1410. The highest BCUT2D eigenvalue weighted by Crippen LogP contribution is 2.30. The molecule has 0 unspecified atom stereocenters. The van der Waals surface area contributed by atoms with E-state index < -0.39 is 0 Å². The van der Waals surface area contributed by atoms with E-state index in [1.54, 1.807) is 18.9 Å². The van der Waals surface area contributed by atoms with Crippen LogP contribution in [0.1, 0.15) is 36.7 Å². The number of hydrogen-bond acceptors (Lipinski definition) is 7. The van der Waals surface area contributed by atoms with Crippen LogP contribution in [0, 0.1) is 0 Å². The third kappa shape index (κ3) is 5.89. The van der Waals surface area contributed by atoms with Crippen molar-refractivity contribution in [2.45, 2.75) is 43.6 Å². The molecule has 5 rings (SSSR count). The zero-order valence-corrected chi connectivity index (χ0v) is 21.8. The van der Waals surface area contributed by atoms with Crippen LogP contribution in [0.15, 0.2) is 78.0 Å². The summed E-state index contributed by atoms with van der Waals surface area (Å²) in [6.07, 6.45) is 3.13. The molecule has 0 aliphatic carbocycles. The van der Waals surface area contributed by atoms with Gasteiger partial charge < -0.3 is 9.30 Å². The molecular formula is C28H29N7OS. The molecular weight excluding hydrogens is 482 g/mol. The number of H-pyrrole nitrogens is 1. The summed E-state index contributed by atoms with van der Waals surface area (Å²) >= 11 is 1.71. The molecule has 2 heterocycles. The first-order valence-electron chi connectivity index (χ1n) is 12.4. The largest absolute Gasteiger partial charge is 0.497 e. The Balaban J connectivity index is 1.36. The van der Waals surface area contributed by atoms with Crippen LogP contribution in [-0.4, -0.2) is 42.5 Å². The Kier molecular flexibility index (Phi) is 7.90. The topological polar surface area (TPSA) is 94.4 Å². The lowest BCUT2D eigenvalue weighted by Gasteiger charge is -2.12. The number of rotatable bonds is 11. The van der Waals surface area contributed by atoms with Gasteiger partial charge >= 0.3 is 0 Å². The van der Waals surface area contributed by atoms with E-state index in [1.165, 1.54) is 11.1 Å². The van der Waals surface area contributed by atoms with E-state index >= 15 is 0 Å². The number of benzene rings is 3. The fourth-order valence-electron chi connectivity index (χ4n) is 4.16. The van der Waals surface area contributed by atoms with Crippen molar-refractivity contribution in [3.05, 3.63) is 89.7 Å². The maximum absolute atomic E-state index is 5.28. The maximum atomic E-state index is 5.28. The standard InChI is InChI=1S/C28H29N7OS/c1-3-4-9-26-29-32-28(37-19-21-12-16-23(36-2)17-13-21)35(26)18-20-10-14-22(15-11-20)24-7-5-6-8-25(24)27-30-33-34-31-27/h5-8,10-17H,3-4,9,18-19H2,1-2H3,(H,30,31,33,34). The molecule has 0 saturated carbocycles. The van der Waals surface area contributed by atoms with Gasteiger partial charge in [-0.25, -0.2) is 5.10 Å². The summed E-state index contributed by atoms with van der Waals surface area (Å²) in [5, 5.41) is 24.4. The normalized spacial score (nSPS) is 11.1. The molecule has 0 saturated heterocycles. The van der Waals surface area contributed by atoms with Crippen LogP contribution in [0.3, 0.4) is 0 Å². The quantitative estimate of drug-likeness (QED) is 0.223. The number of ether oxygens (including phenoxy) is 1. The van der Waals surface area contributed by atoms with Crippen LogP contribution in [0.5, 0.6) is 5.75 Å². The van der Waals surface area contributed by atoms with Gasteiger partial charge in [-0.2, -0.15) is 0 Å². The van der Waals surface area contributed by atoms with Gasteiger partial charge in [0.1, 0.15) is 11.6 Å². The van der Waals surface area contributed by atoms with Crippen LogP contribution >= 0.6 is 11.8 Å². The first kappa shape index (κ1) is 24.7. The molecule has 0 aliphatic heterocycles. The van der Waals surface area contributed by atoms with E-state index in [1.807, 2.05) is 30.3 Å². The average molecular weight is 512 g/mol. The van der Waals surface area contributed by atoms with Gasteiger partial charge in [0, 0.05) is 17.7 Å². The minimum absolute atomic E-state index is 0.656. The molecule has 188 valence electrons. The summed E-state index contributed by atoms with van der Waals surface area (Å²) in [6, 6.07) is 24.9. The van der Waals surface area contributed by atoms with Crippen molar-refractivity contribution in [3.63, 3.8) is 0 Å². The predicted octanol–water partition coefficient (Wildman–Crippen LogP) is 5.82. The number of methoxy groups -OCH3 is 1. The van der Waals surface area contributed by atoms with Gasteiger partial charge in [-0.15, -0.1) is 15.3 Å². The van der Waals surface area contributed by atoms with E-state index in [0.717, 1.165) is 65.0 Å². The van der Waals surface area contributed by atoms with Gasteiger partial charge in [-0.1, -0.05) is 85.8 Å². The van der Waals surface area contributed by atoms with Crippen molar-refractivity contribution in [3.8, 4) is 28.3 Å². The van der Waals surface area contributed by atoms with Crippen molar-refractivity contribution >= 4 is 11.8 Å². The van der Waals surface area contributed by atoms with E-state index in [2.05, 4.69) is 84.8 Å². The molecule has 0 bridgehead atoms. The van der Waals surface area contributed by atoms with E-state index in [4.69, 9.17) is 4.74 Å². The number of aromatic amines is 1. The summed E-state index contributed by atoms with van der Waals surface area (Å²) in [7, 11) is 1.68. The Labute approximate surface area is 220 Å². The Hall–Kier alpha value is -3.98. The van der Waals surface area contributed by atoms with E-state index in [-0.39, 0.29) is 0 Å². The van der Waals surface area contributed by atoms with Crippen LogP contribution in [0.25, 0.3) is 22.5 Å². The number of thioether (sulfide) groups is 1. The average Bonchev–Trinajstić information content (AvgIpc) is 3.62. The number of hydrogen-bond donors (Lipinski definition) is 1. The molecule has 0 amide bonds. The van der Waals surface area contributed by atoms with Crippen molar-refractivity contribution in [1.82, 2.24) is 35.4 Å². The summed E-state index contributed by atoms with van der Waals surface area (Å²) in [5.41, 5.74) is 5.58. The first-order chi connectivity index (χ1) is 18.2. The molecule has 3 aromatic carbocycles. The van der Waals surface area contributed by atoms with E-state index in [9.17, 15) is 0 Å².